The molecule has 1 unspecified atom stereocenters. The molecule has 3 N–H and O–H groups in total. The maximum absolute atomic E-state index is 15.9. The van der Waals surface area contributed by atoms with Crippen molar-refractivity contribution in [3.63, 3.8) is 0 Å². The van der Waals surface area contributed by atoms with E-state index < -0.39 is 46.9 Å². The van der Waals surface area contributed by atoms with E-state index in [1.54, 1.807) is 18.2 Å². The van der Waals surface area contributed by atoms with Gasteiger partial charge in [-0.05, 0) is 86.1 Å². The van der Waals surface area contributed by atoms with Crippen LogP contribution in [0, 0.1) is 34.3 Å². The van der Waals surface area contributed by atoms with Gasteiger partial charge in [0.15, 0.2) is 0 Å². The van der Waals surface area contributed by atoms with E-state index in [-0.39, 0.29) is 38.5 Å². The van der Waals surface area contributed by atoms with Gasteiger partial charge in [0.25, 0.3) is 0 Å². The number of carbonyl (C=O) groups is 2. The second kappa shape index (κ2) is 14.1. The first-order valence-corrected chi connectivity index (χ1v) is 16.9. The number of nitrogens with one attached hydrogen (secondary N) is 2. The number of hydrogen-bond acceptors (Lipinski definition) is 5. The molecule has 2 saturated heterocycles. The van der Waals surface area contributed by atoms with Crippen molar-refractivity contribution in [1.82, 2.24) is 10.2 Å². The lowest BCUT2D eigenvalue weighted by molar-refractivity contribution is -0.143. The molecule has 0 bridgehead atoms. The summed E-state index contributed by atoms with van der Waals surface area (Å²) in [4.78, 5) is 27.8. The van der Waals surface area contributed by atoms with Gasteiger partial charge in [0, 0.05) is 34.3 Å². The first-order chi connectivity index (χ1) is 22.7. The van der Waals surface area contributed by atoms with E-state index in [1.165, 1.54) is 24.3 Å². The molecule has 0 spiro atoms. The first kappa shape index (κ1) is 35.7. The SMILES string of the molecule is CC(c1ccc(NC(=O)[C@@H]2N[C@@H](CC(C)(C)C)[C@](C#N)(c3ccc(Cl)cc3F)[C@H]2c2cccc(Cl)c2F)cc1)N1CCC(C(=O)O)CC1. The minimum atomic E-state index is -1.72. The molecule has 2 aliphatic rings. The van der Waals surface area contributed by atoms with Crippen molar-refractivity contribution in [2.45, 2.75) is 76.4 Å². The van der Waals surface area contributed by atoms with Gasteiger partial charge in [0.1, 0.15) is 17.0 Å². The van der Waals surface area contributed by atoms with E-state index in [2.05, 4.69) is 28.5 Å². The van der Waals surface area contributed by atoms with Crippen molar-refractivity contribution in [3.8, 4) is 6.07 Å². The first-order valence-electron chi connectivity index (χ1n) is 16.1. The van der Waals surface area contributed by atoms with Crippen LogP contribution in [0.25, 0.3) is 0 Å². The summed E-state index contributed by atoms with van der Waals surface area (Å²) in [5, 5.41) is 26.6. The molecule has 1 amide bonds. The minimum absolute atomic E-state index is 0.0153. The Morgan fingerprint density at radius 2 is 1.77 bits per heavy atom. The number of anilines is 1. The Morgan fingerprint density at radius 1 is 1.10 bits per heavy atom. The number of piperidine rings is 1. The zero-order valence-electron chi connectivity index (χ0n) is 27.4. The number of nitriles is 1. The molecule has 3 aromatic rings. The zero-order valence-corrected chi connectivity index (χ0v) is 28.9. The summed E-state index contributed by atoms with van der Waals surface area (Å²) in [6.45, 7) is 9.36. The quantitative estimate of drug-likeness (QED) is 0.220. The number of halogens is 4. The largest absolute Gasteiger partial charge is 0.481 e. The Kier molecular flexibility index (Phi) is 10.5. The summed E-state index contributed by atoms with van der Waals surface area (Å²) in [6.07, 6.45) is 1.55. The Morgan fingerprint density at radius 3 is 2.35 bits per heavy atom. The second-order valence-corrected chi connectivity index (χ2v) is 15.0. The molecule has 11 heteroatoms. The van der Waals surface area contributed by atoms with Crippen LogP contribution in [0.1, 0.15) is 75.6 Å². The Hall–Kier alpha value is -3.55. The molecule has 254 valence electrons. The molecule has 0 aromatic heterocycles. The number of aliphatic carboxylic acids is 1. The number of amides is 1. The lowest BCUT2D eigenvalue weighted by atomic mass is 9.62. The predicted molar refractivity (Wildman–Crippen MR) is 183 cm³/mol. The highest BCUT2D eigenvalue weighted by Gasteiger charge is 2.61. The van der Waals surface area contributed by atoms with Gasteiger partial charge in [-0.25, -0.2) is 8.78 Å². The number of likely N-dealkylation sites (tertiary alicyclic amines) is 1. The maximum Gasteiger partial charge on any atom is 0.306 e. The van der Waals surface area contributed by atoms with Gasteiger partial charge in [-0.3, -0.25) is 14.5 Å². The predicted octanol–water partition coefficient (Wildman–Crippen LogP) is 8.09. The van der Waals surface area contributed by atoms with Gasteiger partial charge in [0.05, 0.1) is 23.1 Å². The summed E-state index contributed by atoms with van der Waals surface area (Å²) in [5.74, 6) is -4.26. The highest BCUT2D eigenvalue weighted by atomic mass is 35.5. The van der Waals surface area contributed by atoms with Crippen LogP contribution in [0.5, 0.6) is 0 Å². The van der Waals surface area contributed by atoms with Crippen LogP contribution in [-0.2, 0) is 15.0 Å². The minimum Gasteiger partial charge on any atom is -0.481 e. The number of carboxylic acid groups (broad SMARTS) is 1. The van der Waals surface area contributed by atoms with Crippen molar-refractivity contribution >= 4 is 40.8 Å². The molecule has 5 atom stereocenters. The Labute approximate surface area is 290 Å². The second-order valence-electron chi connectivity index (χ2n) is 14.1. The molecular weight excluding hydrogens is 657 g/mol. The summed E-state index contributed by atoms with van der Waals surface area (Å²) in [5.41, 5.74) is -0.539. The van der Waals surface area contributed by atoms with E-state index in [4.69, 9.17) is 23.2 Å². The van der Waals surface area contributed by atoms with Crippen LogP contribution in [-0.4, -0.2) is 47.1 Å². The average Bonchev–Trinajstić information content (AvgIpc) is 3.35. The fraction of sp³-hybridized carbons (Fsp3) is 0.432. The van der Waals surface area contributed by atoms with E-state index in [0.29, 0.717) is 38.0 Å². The van der Waals surface area contributed by atoms with Crippen LogP contribution in [0.4, 0.5) is 14.5 Å². The van der Waals surface area contributed by atoms with Crippen molar-refractivity contribution < 1.29 is 23.5 Å². The Bertz CT molecular complexity index is 1720. The van der Waals surface area contributed by atoms with Crippen molar-refractivity contribution in [1.29, 1.82) is 5.26 Å². The average molecular weight is 698 g/mol. The molecule has 5 rings (SSSR count). The smallest absolute Gasteiger partial charge is 0.306 e. The molecule has 2 fully saturated rings. The zero-order chi connectivity index (χ0) is 35.0. The molecule has 7 nitrogen and oxygen atoms in total. The topological polar surface area (TPSA) is 105 Å². The lowest BCUT2D eigenvalue weighted by Gasteiger charge is -2.37. The van der Waals surface area contributed by atoms with Crippen LogP contribution in [0.2, 0.25) is 10.0 Å². The van der Waals surface area contributed by atoms with E-state index >= 15 is 8.78 Å². The summed E-state index contributed by atoms with van der Waals surface area (Å²) in [6, 6.07) is 16.4. The molecule has 0 aliphatic carbocycles. The van der Waals surface area contributed by atoms with Gasteiger partial charge in [-0.2, -0.15) is 5.26 Å². The fourth-order valence-corrected chi connectivity index (χ4v) is 7.71. The van der Waals surface area contributed by atoms with Gasteiger partial charge in [-0.1, -0.05) is 74.3 Å². The van der Waals surface area contributed by atoms with Crippen molar-refractivity contribution in [2.75, 3.05) is 18.4 Å². The number of carbonyl (C=O) groups excluding carboxylic acids is 1. The normalized spacial score (nSPS) is 24.2. The van der Waals surface area contributed by atoms with Crippen molar-refractivity contribution in [3.05, 3.63) is 99.0 Å². The Balaban J connectivity index is 1.50. The summed E-state index contributed by atoms with van der Waals surface area (Å²) < 4.78 is 31.8. The lowest BCUT2D eigenvalue weighted by Crippen LogP contribution is -2.45. The van der Waals surface area contributed by atoms with Crippen LogP contribution in [0.15, 0.2) is 60.7 Å². The molecule has 2 aliphatic heterocycles. The van der Waals surface area contributed by atoms with E-state index in [9.17, 15) is 20.0 Å². The number of rotatable bonds is 8. The molecule has 0 radical (unpaired) electrons. The van der Waals surface area contributed by atoms with Gasteiger partial charge < -0.3 is 15.7 Å². The summed E-state index contributed by atoms with van der Waals surface area (Å²) >= 11 is 12.4. The third-order valence-corrected chi connectivity index (χ3v) is 10.3. The third-order valence-electron chi connectivity index (χ3n) is 9.82. The van der Waals surface area contributed by atoms with Crippen molar-refractivity contribution in [2.24, 2.45) is 11.3 Å². The van der Waals surface area contributed by atoms with E-state index in [0.717, 1.165) is 11.6 Å². The van der Waals surface area contributed by atoms with Gasteiger partial charge in [-0.15, -0.1) is 0 Å². The van der Waals surface area contributed by atoms with Crippen LogP contribution < -0.4 is 10.6 Å². The van der Waals surface area contributed by atoms with Gasteiger partial charge in [0.2, 0.25) is 5.91 Å². The number of carboxylic acids is 1. The monoisotopic (exact) mass is 696 g/mol. The van der Waals surface area contributed by atoms with E-state index in [1.807, 2.05) is 32.9 Å². The molecule has 0 saturated carbocycles. The molecule has 2 heterocycles. The molecule has 3 aromatic carbocycles. The molecule has 48 heavy (non-hydrogen) atoms. The number of benzene rings is 3. The highest BCUT2D eigenvalue weighted by molar-refractivity contribution is 6.31. The fourth-order valence-electron chi connectivity index (χ4n) is 7.37. The number of nitrogens with zero attached hydrogens (tertiary/aromatic N) is 2. The van der Waals surface area contributed by atoms with Crippen LogP contribution in [0.3, 0.4) is 0 Å². The standard InChI is InChI=1S/C37H40Cl2F2N4O3/c1-21(45-16-14-23(15-17-45)35(47)48)22-8-11-25(12-9-22)43-34(46)33-31(26-6-5-7-28(39)32(26)41)37(20-42,30(44-33)19-36(2,3)4)27-13-10-24(38)18-29(27)40/h5-13,18,21,23,30-31,33,44H,14-17,19H2,1-4H3,(H,43,46)(H,47,48)/t21?,30-,31-,33+,37-/m0/s1. The summed E-state index contributed by atoms with van der Waals surface area (Å²) in [7, 11) is 0. The van der Waals surface area contributed by atoms with Gasteiger partial charge >= 0.3 is 5.97 Å². The highest BCUT2D eigenvalue weighted by Crippen LogP contribution is 2.53. The van der Waals surface area contributed by atoms with Crippen LogP contribution >= 0.6 is 23.2 Å². The number of hydrogen-bond donors (Lipinski definition) is 3. The molecular formula is C37H40Cl2F2N4O3. The third kappa shape index (κ3) is 7.09. The maximum atomic E-state index is 15.9.